The van der Waals surface area contributed by atoms with Crippen molar-refractivity contribution >= 4 is 27.3 Å². The van der Waals surface area contributed by atoms with Crippen molar-refractivity contribution in [2.75, 3.05) is 13.1 Å². The largest absolute Gasteiger partial charge is 0.339 e. The Hall–Kier alpha value is -1.70. The first-order valence-electron chi connectivity index (χ1n) is 7.98. The summed E-state index contributed by atoms with van der Waals surface area (Å²) in [5.74, 6) is -0.0230. The van der Waals surface area contributed by atoms with Crippen molar-refractivity contribution < 1.29 is 13.2 Å². The van der Waals surface area contributed by atoms with Crippen LogP contribution in [0.5, 0.6) is 0 Å². The molecule has 0 saturated carbocycles. The molecule has 5 nitrogen and oxygen atoms in total. The number of hydrogen-bond donors (Lipinski definition) is 1. The molecule has 0 spiro atoms. The number of nitrogens with one attached hydrogen (secondary N) is 1. The number of piperidine rings is 1. The fourth-order valence-corrected chi connectivity index (χ4v) is 4.46. The van der Waals surface area contributed by atoms with Gasteiger partial charge in [-0.1, -0.05) is 6.07 Å². The SMILES string of the molecule is O=C(c1ccc(S(=O)(=O)NCc2cccs2)cc1)N1CCCCC1. The molecule has 0 radical (unpaired) electrons. The summed E-state index contributed by atoms with van der Waals surface area (Å²) in [7, 11) is -3.57. The third-order valence-corrected chi connectivity index (χ3v) is 6.36. The lowest BCUT2D eigenvalue weighted by atomic mass is 10.1. The number of carbonyl (C=O) groups excluding carboxylic acids is 1. The Labute approximate surface area is 146 Å². The van der Waals surface area contributed by atoms with Gasteiger partial charge in [0.2, 0.25) is 10.0 Å². The maximum atomic E-state index is 12.4. The average molecular weight is 364 g/mol. The molecule has 3 rings (SSSR count). The predicted octanol–water partition coefficient (Wildman–Crippen LogP) is 2.85. The standard InChI is InChI=1S/C17H20N2O3S2/c20-17(19-10-2-1-3-11-19)14-6-8-16(9-7-14)24(21,22)18-13-15-5-4-12-23-15/h4-9,12,18H,1-3,10-11,13H2. The Morgan fingerprint density at radius 2 is 1.79 bits per heavy atom. The molecular formula is C17H20N2O3S2. The lowest BCUT2D eigenvalue weighted by Crippen LogP contribution is -2.35. The van der Waals surface area contributed by atoms with Crippen LogP contribution in [0.2, 0.25) is 0 Å². The van der Waals surface area contributed by atoms with E-state index < -0.39 is 10.0 Å². The van der Waals surface area contributed by atoms with Gasteiger partial charge in [0.15, 0.2) is 0 Å². The van der Waals surface area contributed by atoms with Gasteiger partial charge in [-0.2, -0.15) is 0 Å². The zero-order valence-electron chi connectivity index (χ0n) is 13.3. The second-order valence-corrected chi connectivity index (χ2v) is 8.58. The molecule has 1 fully saturated rings. The summed E-state index contributed by atoms with van der Waals surface area (Å²) in [6.45, 7) is 1.83. The van der Waals surface area contributed by atoms with Crippen LogP contribution in [-0.2, 0) is 16.6 Å². The molecule has 24 heavy (non-hydrogen) atoms. The van der Waals surface area contributed by atoms with Crippen LogP contribution in [0.25, 0.3) is 0 Å². The van der Waals surface area contributed by atoms with E-state index in [-0.39, 0.29) is 17.3 Å². The molecule has 1 aromatic heterocycles. The van der Waals surface area contributed by atoms with Gasteiger partial charge in [-0.15, -0.1) is 11.3 Å². The van der Waals surface area contributed by atoms with E-state index in [0.29, 0.717) is 5.56 Å². The zero-order chi connectivity index (χ0) is 17.0. The molecule has 0 unspecified atom stereocenters. The average Bonchev–Trinajstić information content (AvgIpc) is 3.14. The summed E-state index contributed by atoms with van der Waals surface area (Å²) in [6, 6.07) is 9.94. The lowest BCUT2D eigenvalue weighted by molar-refractivity contribution is 0.0724. The van der Waals surface area contributed by atoms with E-state index in [2.05, 4.69) is 4.72 Å². The lowest BCUT2D eigenvalue weighted by Gasteiger charge is -2.26. The molecule has 1 amide bonds. The van der Waals surface area contributed by atoms with Gasteiger partial charge in [0.25, 0.3) is 5.91 Å². The van der Waals surface area contributed by atoms with Crippen LogP contribution in [0.15, 0.2) is 46.7 Å². The van der Waals surface area contributed by atoms with Gasteiger partial charge in [-0.05, 0) is 55.0 Å². The molecule has 0 aliphatic carbocycles. The van der Waals surface area contributed by atoms with E-state index >= 15 is 0 Å². The Balaban J connectivity index is 1.67. The summed E-state index contributed by atoms with van der Waals surface area (Å²) in [4.78, 5) is 15.4. The van der Waals surface area contributed by atoms with E-state index in [9.17, 15) is 13.2 Å². The molecule has 1 aliphatic heterocycles. The fraction of sp³-hybridized carbons (Fsp3) is 0.353. The number of rotatable bonds is 5. The maximum absolute atomic E-state index is 12.4. The molecule has 1 aliphatic rings. The maximum Gasteiger partial charge on any atom is 0.253 e. The van der Waals surface area contributed by atoms with E-state index in [1.165, 1.54) is 23.5 Å². The second-order valence-electron chi connectivity index (χ2n) is 5.78. The van der Waals surface area contributed by atoms with Crippen LogP contribution in [0, 0.1) is 0 Å². The highest BCUT2D eigenvalue weighted by molar-refractivity contribution is 7.89. The van der Waals surface area contributed by atoms with Crippen LogP contribution in [0.4, 0.5) is 0 Å². The third kappa shape index (κ3) is 4.03. The number of amides is 1. The van der Waals surface area contributed by atoms with Crippen molar-refractivity contribution in [3.05, 3.63) is 52.2 Å². The van der Waals surface area contributed by atoms with Gasteiger partial charge in [0, 0.05) is 30.1 Å². The number of sulfonamides is 1. The third-order valence-electron chi connectivity index (χ3n) is 4.07. The summed E-state index contributed by atoms with van der Waals surface area (Å²) >= 11 is 1.50. The van der Waals surface area contributed by atoms with Gasteiger partial charge in [0.05, 0.1) is 4.90 Å². The van der Waals surface area contributed by atoms with Gasteiger partial charge >= 0.3 is 0 Å². The molecule has 1 aromatic carbocycles. The molecule has 1 N–H and O–H groups in total. The van der Waals surface area contributed by atoms with Crippen molar-refractivity contribution in [3.63, 3.8) is 0 Å². The first kappa shape index (κ1) is 17.1. The Kier molecular flexibility index (Phi) is 5.33. The fourth-order valence-electron chi connectivity index (χ4n) is 2.72. The number of thiophene rings is 1. The van der Waals surface area contributed by atoms with Gasteiger partial charge in [-0.3, -0.25) is 4.79 Å². The van der Waals surface area contributed by atoms with Crippen molar-refractivity contribution in [3.8, 4) is 0 Å². The first-order valence-corrected chi connectivity index (χ1v) is 10.3. The Morgan fingerprint density at radius 1 is 1.08 bits per heavy atom. The minimum Gasteiger partial charge on any atom is -0.339 e. The Morgan fingerprint density at radius 3 is 2.42 bits per heavy atom. The molecule has 0 bridgehead atoms. The van der Waals surface area contributed by atoms with Gasteiger partial charge < -0.3 is 4.90 Å². The van der Waals surface area contributed by atoms with Gasteiger partial charge in [0.1, 0.15) is 0 Å². The van der Waals surface area contributed by atoms with Crippen LogP contribution >= 0.6 is 11.3 Å². The van der Waals surface area contributed by atoms with Crippen molar-refractivity contribution in [1.82, 2.24) is 9.62 Å². The molecule has 1 saturated heterocycles. The number of carbonyl (C=O) groups is 1. The van der Waals surface area contributed by atoms with Crippen molar-refractivity contribution in [1.29, 1.82) is 0 Å². The van der Waals surface area contributed by atoms with Crippen molar-refractivity contribution in [2.45, 2.75) is 30.7 Å². The number of benzene rings is 1. The second kappa shape index (κ2) is 7.46. The van der Waals surface area contributed by atoms with Crippen LogP contribution in [0.1, 0.15) is 34.5 Å². The van der Waals surface area contributed by atoms with Crippen LogP contribution in [-0.4, -0.2) is 32.3 Å². The van der Waals surface area contributed by atoms with E-state index in [4.69, 9.17) is 0 Å². The molecule has 0 atom stereocenters. The molecule has 128 valence electrons. The predicted molar refractivity (Wildman–Crippen MR) is 94.5 cm³/mol. The van der Waals surface area contributed by atoms with Crippen LogP contribution < -0.4 is 4.72 Å². The topological polar surface area (TPSA) is 66.5 Å². The minimum atomic E-state index is -3.57. The first-order chi connectivity index (χ1) is 11.6. The van der Waals surface area contributed by atoms with E-state index in [0.717, 1.165) is 37.2 Å². The highest BCUT2D eigenvalue weighted by atomic mass is 32.2. The van der Waals surface area contributed by atoms with Crippen molar-refractivity contribution in [2.24, 2.45) is 0 Å². The van der Waals surface area contributed by atoms with Gasteiger partial charge in [-0.25, -0.2) is 13.1 Å². The number of hydrogen-bond acceptors (Lipinski definition) is 4. The monoisotopic (exact) mass is 364 g/mol. The molecular weight excluding hydrogens is 344 g/mol. The molecule has 2 heterocycles. The minimum absolute atomic E-state index is 0.0230. The smallest absolute Gasteiger partial charge is 0.253 e. The van der Waals surface area contributed by atoms with E-state index in [1.54, 1.807) is 12.1 Å². The highest BCUT2D eigenvalue weighted by Crippen LogP contribution is 2.16. The quantitative estimate of drug-likeness (QED) is 0.887. The summed E-state index contributed by atoms with van der Waals surface area (Å²) in [5, 5.41) is 1.91. The zero-order valence-corrected chi connectivity index (χ0v) is 14.9. The van der Waals surface area contributed by atoms with E-state index in [1.807, 2.05) is 22.4 Å². The molecule has 7 heteroatoms. The number of likely N-dealkylation sites (tertiary alicyclic amines) is 1. The summed E-state index contributed by atoms with van der Waals surface area (Å²) < 4.78 is 27.2. The van der Waals surface area contributed by atoms with Crippen LogP contribution in [0.3, 0.4) is 0 Å². The Bertz CT molecular complexity index is 778. The number of nitrogens with zero attached hydrogens (tertiary/aromatic N) is 1. The summed E-state index contributed by atoms with van der Waals surface area (Å²) in [6.07, 6.45) is 3.23. The highest BCUT2D eigenvalue weighted by Gasteiger charge is 2.19. The molecule has 2 aromatic rings. The normalized spacial score (nSPS) is 15.4. The summed E-state index contributed by atoms with van der Waals surface area (Å²) in [5.41, 5.74) is 0.536.